The number of rotatable bonds is 11. The van der Waals surface area contributed by atoms with E-state index in [-0.39, 0.29) is 12.0 Å². The smallest absolute Gasteiger partial charge is 0.251 e. The molecule has 0 saturated carbocycles. The summed E-state index contributed by atoms with van der Waals surface area (Å²) in [6.45, 7) is 10.8. The molecule has 7 nitrogen and oxygen atoms in total. The Hall–Kier alpha value is -2.77. The molecular weight excluding hydrogens is 408 g/mol. The fourth-order valence-electron chi connectivity index (χ4n) is 3.72. The first-order valence-electron chi connectivity index (χ1n) is 11.4. The van der Waals surface area contributed by atoms with Crippen molar-refractivity contribution in [3.8, 4) is 17.2 Å². The molecule has 0 aromatic heterocycles. The van der Waals surface area contributed by atoms with Crippen molar-refractivity contribution in [2.24, 2.45) is 0 Å². The molecule has 1 saturated heterocycles. The molecule has 0 bridgehead atoms. The maximum absolute atomic E-state index is 12.8. The molecule has 0 aliphatic carbocycles. The van der Waals surface area contributed by atoms with E-state index in [9.17, 15) is 4.79 Å². The average molecular weight is 443 g/mol. The van der Waals surface area contributed by atoms with Gasteiger partial charge < -0.3 is 24.3 Å². The molecule has 2 aromatic rings. The van der Waals surface area contributed by atoms with E-state index >= 15 is 0 Å². The van der Waals surface area contributed by atoms with E-state index in [0.29, 0.717) is 55.8 Å². The third kappa shape index (κ3) is 6.37. The number of benzene rings is 2. The SMILES string of the molecule is CCOc1cc(C(=O)NCCN2CCOC(c3ccccc3)C2)cc(OCC)c1OCC. The second kappa shape index (κ2) is 12.3. The van der Waals surface area contributed by atoms with Gasteiger partial charge in [-0.25, -0.2) is 0 Å². The van der Waals surface area contributed by atoms with Crippen molar-refractivity contribution < 1.29 is 23.7 Å². The number of carbonyl (C=O) groups is 1. The van der Waals surface area contributed by atoms with Gasteiger partial charge in [0.25, 0.3) is 5.91 Å². The van der Waals surface area contributed by atoms with E-state index in [2.05, 4.69) is 22.3 Å². The van der Waals surface area contributed by atoms with Gasteiger partial charge >= 0.3 is 0 Å². The van der Waals surface area contributed by atoms with Crippen LogP contribution in [-0.2, 0) is 4.74 Å². The first kappa shape index (κ1) is 23.9. The Kier molecular flexibility index (Phi) is 9.19. The number of hydrogen-bond acceptors (Lipinski definition) is 6. The summed E-state index contributed by atoms with van der Waals surface area (Å²) in [5.74, 6) is 1.41. The Balaban J connectivity index is 1.60. The van der Waals surface area contributed by atoms with E-state index in [0.717, 1.165) is 19.6 Å². The zero-order valence-corrected chi connectivity index (χ0v) is 19.3. The van der Waals surface area contributed by atoms with Crippen LogP contribution in [0.3, 0.4) is 0 Å². The highest BCUT2D eigenvalue weighted by Crippen LogP contribution is 2.39. The topological polar surface area (TPSA) is 69.3 Å². The van der Waals surface area contributed by atoms with E-state index in [1.54, 1.807) is 12.1 Å². The van der Waals surface area contributed by atoms with E-state index in [1.807, 2.05) is 39.0 Å². The minimum Gasteiger partial charge on any atom is -0.490 e. The van der Waals surface area contributed by atoms with Gasteiger partial charge in [-0.1, -0.05) is 30.3 Å². The molecule has 1 aliphatic rings. The number of amides is 1. The predicted molar refractivity (Wildman–Crippen MR) is 124 cm³/mol. The van der Waals surface area contributed by atoms with Crippen molar-refractivity contribution in [2.75, 3.05) is 52.6 Å². The standard InChI is InChI=1S/C25H34N2O5/c1-4-29-21-16-20(17-22(30-5-2)24(21)31-6-3)25(28)26-12-13-27-14-15-32-23(18-27)19-10-8-7-9-11-19/h7-11,16-17,23H,4-6,12-15,18H2,1-3H3,(H,26,28). The van der Waals surface area contributed by atoms with Crippen molar-refractivity contribution >= 4 is 5.91 Å². The lowest BCUT2D eigenvalue weighted by molar-refractivity contribution is -0.0293. The first-order valence-corrected chi connectivity index (χ1v) is 11.4. The molecule has 3 rings (SSSR count). The van der Waals surface area contributed by atoms with Crippen LogP contribution < -0.4 is 19.5 Å². The van der Waals surface area contributed by atoms with Gasteiger partial charge in [0.05, 0.1) is 32.5 Å². The zero-order valence-electron chi connectivity index (χ0n) is 19.3. The molecule has 1 heterocycles. The number of hydrogen-bond donors (Lipinski definition) is 1. The lowest BCUT2D eigenvalue weighted by Crippen LogP contribution is -2.42. The highest BCUT2D eigenvalue weighted by atomic mass is 16.5. The van der Waals surface area contributed by atoms with Gasteiger partial charge in [-0.3, -0.25) is 9.69 Å². The monoisotopic (exact) mass is 442 g/mol. The molecule has 0 radical (unpaired) electrons. The largest absolute Gasteiger partial charge is 0.490 e. The minimum absolute atomic E-state index is 0.0641. The van der Waals surface area contributed by atoms with Crippen molar-refractivity contribution in [2.45, 2.75) is 26.9 Å². The van der Waals surface area contributed by atoms with E-state index in [4.69, 9.17) is 18.9 Å². The van der Waals surface area contributed by atoms with Crippen LogP contribution in [0.5, 0.6) is 17.2 Å². The number of ether oxygens (including phenoxy) is 4. The van der Waals surface area contributed by atoms with Crippen LogP contribution in [0, 0.1) is 0 Å². The molecule has 2 aromatic carbocycles. The normalized spacial score (nSPS) is 16.4. The third-order valence-electron chi connectivity index (χ3n) is 5.21. The average Bonchev–Trinajstić information content (AvgIpc) is 2.82. The molecule has 32 heavy (non-hydrogen) atoms. The van der Waals surface area contributed by atoms with Crippen molar-refractivity contribution in [1.29, 1.82) is 0 Å². The first-order chi connectivity index (χ1) is 15.7. The maximum Gasteiger partial charge on any atom is 0.251 e. The number of carbonyl (C=O) groups excluding carboxylic acids is 1. The van der Waals surface area contributed by atoms with Crippen LogP contribution in [-0.4, -0.2) is 63.4 Å². The van der Waals surface area contributed by atoms with Crippen LogP contribution in [0.25, 0.3) is 0 Å². The summed E-state index contributed by atoms with van der Waals surface area (Å²) in [6.07, 6.45) is 0.0641. The fourth-order valence-corrected chi connectivity index (χ4v) is 3.72. The van der Waals surface area contributed by atoms with Gasteiger partial charge in [-0.15, -0.1) is 0 Å². The molecule has 1 fully saturated rings. The molecule has 0 spiro atoms. The number of morpholine rings is 1. The highest BCUT2D eigenvalue weighted by Gasteiger charge is 2.22. The summed E-state index contributed by atoms with van der Waals surface area (Å²) < 4.78 is 23.1. The van der Waals surface area contributed by atoms with Crippen LogP contribution in [0.1, 0.15) is 42.8 Å². The van der Waals surface area contributed by atoms with Crippen LogP contribution in [0.4, 0.5) is 0 Å². The Morgan fingerprint density at radius 1 is 1.03 bits per heavy atom. The highest BCUT2D eigenvalue weighted by molar-refractivity contribution is 5.95. The van der Waals surface area contributed by atoms with Crippen molar-refractivity contribution in [3.63, 3.8) is 0 Å². The Bertz CT molecular complexity index is 832. The molecule has 174 valence electrons. The van der Waals surface area contributed by atoms with Gasteiger partial charge in [-0.05, 0) is 38.5 Å². The fraction of sp³-hybridized carbons (Fsp3) is 0.480. The summed E-state index contributed by atoms with van der Waals surface area (Å²) in [5.41, 5.74) is 1.67. The van der Waals surface area contributed by atoms with Crippen molar-refractivity contribution in [1.82, 2.24) is 10.2 Å². The summed E-state index contributed by atoms with van der Waals surface area (Å²) in [4.78, 5) is 15.2. The predicted octanol–water partition coefficient (Wildman–Crippen LogP) is 3.69. The van der Waals surface area contributed by atoms with E-state index < -0.39 is 0 Å². The van der Waals surface area contributed by atoms with Crippen LogP contribution in [0.15, 0.2) is 42.5 Å². The number of nitrogens with one attached hydrogen (secondary N) is 1. The summed E-state index contributed by atoms with van der Waals surface area (Å²) in [7, 11) is 0. The summed E-state index contributed by atoms with van der Waals surface area (Å²) >= 11 is 0. The molecule has 1 amide bonds. The van der Waals surface area contributed by atoms with Gasteiger partial charge in [-0.2, -0.15) is 0 Å². The number of nitrogens with zero attached hydrogens (tertiary/aromatic N) is 1. The second-order valence-electron chi connectivity index (χ2n) is 7.43. The second-order valence-corrected chi connectivity index (χ2v) is 7.43. The van der Waals surface area contributed by atoms with Gasteiger partial charge in [0.2, 0.25) is 5.75 Å². The van der Waals surface area contributed by atoms with Gasteiger partial charge in [0.1, 0.15) is 0 Å². The lowest BCUT2D eigenvalue weighted by Gasteiger charge is -2.33. The minimum atomic E-state index is -0.164. The van der Waals surface area contributed by atoms with Crippen LogP contribution in [0.2, 0.25) is 0 Å². The maximum atomic E-state index is 12.8. The van der Waals surface area contributed by atoms with Crippen LogP contribution >= 0.6 is 0 Å². The Morgan fingerprint density at radius 2 is 1.69 bits per heavy atom. The zero-order chi connectivity index (χ0) is 22.8. The van der Waals surface area contributed by atoms with Gasteiger partial charge in [0.15, 0.2) is 11.5 Å². The lowest BCUT2D eigenvalue weighted by atomic mass is 10.1. The van der Waals surface area contributed by atoms with E-state index in [1.165, 1.54) is 5.56 Å². The van der Waals surface area contributed by atoms with Gasteiger partial charge in [0, 0.05) is 31.7 Å². The van der Waals surface area contributed by atoms with Crippen molar-refractivity contribution in [3.05, 3.63) is 53.6 Å². The quantitative estimate of drug-likeness (QED) is 0.573. The summed E-state index contributed by atoms with van der Waals surface area (Å²) in [6, 6.07) is 13.7. The Labute approximate surface area is 190 Å². The molecule has 1 aliphatic heterocycles. The molecule has 1 atom stereocenters. The third-order valence-corrected chi connectivity index (χ3v) is 5.21. The molecule has 1 N–H and O–H groups in total. The summed E-state index contributed by atoms with van der Waals surface area (Å²) in [5, 5.41) is 3.02. The Morgan fingerprint density at radius 3 is 2.31 bits per heavy atom. The molecular formula is C25H34N2O5. The molecule has 7 heteroatoms. The molecule has 1 unspecified atom stereocenters.